The van der Waals surface area contributed by atoms with Gasteiger partial charge < -0.3 is 25.0 Å². The van der Waals surface area contributed by atoms with Gasteiger partial charge in [0, 0.05) is 48.6 Å². The van der Waals surface area contributed by atoms with Crippen LogP contribution in [-0.4, -0.2) is 61.4 Å². The Kier molecular flexibility index (Phi) is 12.3. The third-order valence-electron chi connectivity index (χ3n) is 10.2. The molecule has 1 saturated carbocycles. The van der Waals surface area contributed by atoms with Gasteiger partial charge in [-0.1, -0.05) is 95.3 Å². The van der Waals surface area contributed by atoms with Gasteiger partial charge in [0.15, 0.2) is 5.79 Å². The van der Waals surface area contributed by atoms with Crippen LogP contribution in [0.15, 0.2) is 78.9 Å². The molecule has 5 rings (SSSR count). The van der Waals surface area contributed by atoms with Crippen molar-refractivity contribution in [3.8, 4) is 0 Å². The van der Waals surface area contributed by atoms with Crippen LogP contribution in [0.2, 0.25) is 0 Å². The second kappa shape index (κ2) is 16.5. The van der Waals surface area contributed by atoms with Crippen LogP contribution in [0.5, 0.6) is 0 Å². The van der Waals surface area contributed by atoms with Gasteiger partial charge in [0.05, 0.1) is 13.2 Å². The Labute approximate surface area is 294 Å². The number of ether oxygens (including phenoxy) is 2. The summed E-state index contributed by atoms with van der Waals surface area (Å²) in [6.45, 7) is 14.4. The number of amides is 2. The number of nitrogens with zero attached hydrogens (tertiary/aromatic N) is 1. The number of carbonyl (C=O) groups is 2. The minimum absolute atomic E-state index is 0.0214. The second-order valence-corrected chi connectivity index (χ2v) is 15.0. The first-order valence-electron chi connectivity index (χ1n) is 18.4. The predicted octanol–water partition coefficient (Wildman–Crippen LogP) is 7.78. The second-order valence-electron chi connectivity index (χ2n) is 15.0. The Morgan fingerprint density at radius 3 is 2.12 bits per heavy atom. The maximum Gasteiger partial charge on any atom is 0.253 e. The molecule has 1 heterocycles. The number of rotatable bonds is 14. The Morgan fingerprint density at radius 1 is 0.816 bits per heavy atom. The summed E-state index contributed by atoms with van der Waals surface area (Å²) in [5.74, 6) is -0.640. The first-order chi connectivity index (χ1) is 23.6. The monoisotopic (exact) mass is 667 g/mol. The molecule has 7 nitrogen and oxygen atoms in total. The van der Waals surface area contributed by atoms with E-state index in [0.717, 1.165) is 51.5 Å². The molecule has 0 bridgehead atoms. The zero-order chi connectivity index (χ0) is 34.9. The van der Waals surface area contributed by atoms with Crippen molar-refractivity contribution >= 4 is 11.8 Å². The highest BCUT2D eigenvalue weighted by Crippen LogP contribution is 2.45. The maximum atomic E-state index is 13.8. The van der Waals surface area contributed by atoms with Crippen LogP contribution in [0.3, 0.4) is 0 Å². The normalized spacial score (nSPS) is 17.5. The lowest BCUT2D eigenvalue weighted by atomic mass is 9.72. The van der Waals surface area contributed by atoms with Crippen molar-refractivity contribution in [1.82, 2.24) is 15.5 Å². The highest BCUT2D eigenvalue weighted by Gasteiger charge is 2.47. The van der Waals surface area contributed by atoms with Gasteiger partial charge in [-0.05, 0) is 85.4 Å². The van der Waals surface area contributed by atoms with Crippen molar-refractivity contribution < 1.29 is 19.1 Å². The van der Waals surface area contributed by atoms with E-state index >= 15 is 0 Å². The topological polar surface area (TPSA) is 79.9 Å². The first-order valence-corrected chi connectivity index (χ1v) is 18.4. The van der Waals surface area contributed by atoms with Crippen molar-refractivity contribution in [2.45, 2.75) is 109 Å². The molecule has 3 aromatic rings. The Balaban J connectivity index is 1.33. The molecule has 49 heavy (non-hydrogen) atoms. The van der Waals surface area contributed by atoms with Gasteiger partial charge >= 0.3 is 0 Å². The SMILES string of the molecule is CCCN(CCC)C(=O)c1cccc(C(=O)N[C@H](CCNC2(c3cccc(C(C)(C)C)c3)CCC3(CC2)OCCO3)Cc2ccccc2)c1. The summed E-state index contributed by atoms with van der Waals surface area (Å²) in [6, 6.07) is 26.5. The summed E-state index contributed by atoms with van der Waals surface area (Å²) in [7, 11) is 0. The predicted molar refractivity (Wildman–Crippen MR) is 197 cm³/mol. The van der Waals surface area contributed by atoms with Crippen LogP contribution in [0.1, 0.15) is 117 Å². The molecule has 1 spiro atoms. The van der Waals surface area contributed by atoms with Crippen LogP contribution in [0.4, 0.5) is 0 Å². The van der Waals surface area contributed by atoms with Crippen LogP contribution in [-0.2, 0) is 26.8 Å². The molecule has 1 saturated heterocycles. The van der Waals surface area contributed by atoms with Crippen molar-refractivity contribution in [3.05, 3.63) is 107 Å². The van der Waals surface area contributed by atoms with Gasteiger partial charge in [-0.25, -0.2) is 0 Å². The zero-order valence-electron chi connectivity index (χ0n) is 30.4. The van der Waals surface area contributed by atoms with Gasteiger partial charge in [0.2, 0.25) is 0 Å². The van der Waals surface area contributed by atoms with Gasteiger partial charge in [0.1, 0.15) is 0 Å². The maximum absolute atomic E-state index is 13.8. The first kappa shape index (κ1) is 36.8. The molecule has 1 aliphatic carbocycles. The third kappa shape index (κ3) is 9.39. The Bertz CT molecular complexity index is 1510. The summed E-state index contributed by atoms with van der Waals surface area (Å²) in [5.41, 5.74) is 4.69. The molecule has 2 amide bonds. The number of benzene rings is 3. The molecule has 0 unspecified atom stereocenters. The zero-order valence-corrected chi connectivity index (χ0v) is 30.4. The molecule has 0 radical (unpaired) electrons. The summed E-state index contributed by atoms with van der Waals surface area (Å²) >= 11 is 0. The van der Waals surface area contributed by atoms with E-state index in [4.69, 9.17) is 9.47 Å². The highest BCUT2D eigenvalue weighted by atomic mass is 16.7. The van der Waals surface area contributed by atoms with Gasteiger partial charge in [0.25, 0.3) is 11.8 Å². The fourth-order valence-corrected chi connectivity index (χ4v) is 7.40. The highest BCUT2D eigenvalue weighted by molar-refractivity contribution is 5.99. The molecule has 2 fully saturated rings. The van der Waals surface area contributed by atoms with E-state index in [9.17, 15) is 9.59 Å². The van der Waals surface area contributed by atoms with Gasteiger partial charge in [-0.15, -0.1) is 0 Å². The van der Waals surface area contributed by atoms with E-state index in [0.29, 0.717) is 43.9 Å². The molecule has 0 aromatic heterocycles. The van der Waals surface area contributed by atoms with Crippen LogP contribution in [0.25, 0.3) is 0 Å². The van der Waals surface area contributed by atoms with E-state index in [1.807, 2.05) is 35.2 Å². The number of nitrogens with one attached hydrogen (secondary N) is 2. The number of carbonyl (C=O) groups excluding carboxylic acids is 2. The summed E-state index contributed by atoms with van der Waals surface area (Å²) in [4.78, 5) is 29.0. The molecule has 1 atom stereocenters. The number of hydrogen-bond donors (Lipinski definition) is 2. The smallest absolute Gasteiger partial charge is 0.253 e. The molecule has 264 valence electrons. The lowest BCUT2D eigenvalue weighted by Crippen LogP contribution is -2.51. The van der Waals surface area contributed by atoms with Crippen molar-refractivity contribution in [3.63, 3.8) is 0 Å². The molecule has 7 heteroatoms. The quantitative estimate of drug-likeness (QED) is 0.184. The lowest BCUT2D eigenvalue weighted by Gasteiger charge is -2.45. The molecule has 2 N–H and O–H groups in total. The van der Waals surface area contributed by atoms with Crippen molar-refractivity contribution in [1.29, 1.82) is 0 Å². The van der Waals surface area contributed by atoms with Gasteiger partial charge in [-0.2, -0.15) is 0 Å². The van der Waals surface area contributed by atoms with E-state index < -0.39 is 5.79 Å². The van der Waals surface area contributed by atoms with Gasteiger partial charge in [-0.3, -0.25) is 9.59 Å². The summed E-state index contributed by atoms with van der Waals surface area (Å²) < 4.78 is 12.2. The largest absolute Gasteiger partial charge is 0.349 e. The minimum Gasteiger partial charge on any atom is -0.349 e. The standard InChI is InChI=1S/C42H57N3O4/c1-6-25-45(26-7-2)39(47)34-16-11-15-33(30-34)38(46)44-37(29-32-13-9-8-10-14-32)19-24-43-41(20-22-42(23-21-41)48-27-28-49-42)36-18-12-17-35(31-36)40(3,4)5/h8-18,30-31,37,43H,6-7,19-29H2,1-5H3,(H,44,46)/t37-/m1/s1. The Hall–Kier alpha value is -3.52. The van der Waals surface area contributed by atoms with E-state index in [-0.39, 0.29) is 28.8 Å². The average molecular weight is 668 g/mol. The molecule has 2 aliphatic rings. The fourth-order valence-electron chi connectivity index (χ4n) is 7.40. The Morgan fingerprint density at radius 2 is 1.47 bits per heavy atom. The number of hydrogen-bond acceptors (Lipinski definition) is 5. The fraction of sp³-hybridized carbons (Fsp3) is 0.524. The van der Waals surface area contributed by atoms with E-state index in [1.54, 1.807) is 12.1 Å². The average Bonchev–Trinajstić information content (AvgIpc) is 3.57. The lowest BCUT2D eigenvalue weighted by molar-refractivity contribution is -0.187. The van der Waals surface area contributed by atoms with Crippen molar-refractivity contribution in [2.24, 2.45) is 0 Å². The molecular weight excluding hydrogens is 610 g/mol. The minimum atomic E-state index is -0.462. The van der Waals surface area contributed by atoms with Crippen molar-refractivity contribution in [2.75, 3.05) is 32.8 Å². The van der Waals surface area contributed by atoms with E-state index in [2.05, 4.69) is 81.7 Å². The molecule has 3 aromatic carbocycles. The molecule has 1 aliphatic heterocycles. The van der Waals surface area contributed by atoms with E-state index in [1.165, 1.54) is 16.7 Å². The van der Waals surface area contributed by atoms with Crippen LogP contribution in [0, 0.1) is 0 Å². The third-order valence-corrected chi connectivity index (χ3v) is 10.2. The van der Waals surface area contributed by atoms with Crippen LogP contribution >= 0.6 is 0 Å². The van der Waals surface area contributed by atoms with Crippen LogP contribution < -0.4 is 10.6 Å². The summed E-state index contributed by atoms with van der Waals surface area (Å²) in [5, 5.41) is 7.36. The summed E-state index contributed by atoms with van der Waals surface area (Å²) in [6.07, 6.45) is 6.75. The molecular formula is C42H57N3O4.